The standard InChI is InChI=1S/C11H12N/c1-2-6-11(9-12)10-7-4-3-5-8-10/h3-5,7-8,11H,1-2,6H2. The smallest absolute Gasteiger partial charge is 0.0712 e. The number of benzene rings is 1. The number of hydrogen-bond acceptors (Lipinski definition) is 1. The SMILES string of the molecule is [CH2]CCC(C#N)c1ccccc1. The molecule has 1 atom stereocenters. The zero-order chi connectivity index (χ0) is 8.81. The number of nitriles is 1. The Hall–Kier alpha value is -1.29. The van der Waals surface area contributed by atoms with Gasteiger partial charge in [-0.2, -0.15) is 5.26 Å². The first-order chi connectivity index (χ1) is 5.88. The molecular weight excluding hydrogens is 146 g/mol. The van der Waals surface area contributed by atoms with Crippen molar-refractivity contribution in [2.75, 3.05) is 0 Å². The van der Waals surface area contributed by atoms with Crippen molar-refractivity contribution in [1.29, 1.82) is 5.26 Å². The quantitative estimate of drug-likeness (QED) is 0.663. The van der Waals surface area contributed by atoms with Gasteiger partial charge in [-0.05, 0) is 12.0 Å². The van der Waals surface area contributed by atoms with Crippen LogP contribution in [0.25, 0.3) is 0 Å². The fraction of sp³-hybridized carbons (Fsp3) is 0.273. The van der Waals surface area contributed by atoms with Crippen molar-refractivity contribution in [2.24, 2.45) is 0 Å². The summed E-state index contributed by atoms with van der Waals surface area (Å²) in [5, 5.41) is 8.83. The molecule has 0 aromatic heterocycles. The average molecular weight is 158 g/mol. The zero-order valence-corrected chi connectivity index (χ0v) is 7.03. The van der Waals surface area contributed by atoms with Gasteiger partial charge in [0.2, 0.25) is 0 Å². The van der Waals surface area contributed by atoms with Crippen LogP contribution < -0.4 is 0 Å². The van der Waals surface area contributed by atoms with Crippen LogP contribution in [0.2, 0.25) is 0 Å². The van der Waals surface area contributed by atoms with E-state index in [-0.39, 0.29) is 5.92 Å². The van der Waals surface area contributed by atoms with E-state index in [0.29, 0.717) is 0 Å². The molecule has 1 heteroatoms. The van der Waals surface area contributed by atoms with Crippen molar-refractivity contribution in [1.82, 2.24) is 0 Å². The van der Waals surface area contributed by atoms with E-state index < -0.39 is 0 Å². The van der Waals surface area contributed by atoms with E-state index in [1.165, 1.54) is 0 Å². The molecule has 0 saturated heterocycles. The highest BCUT2D eigenvalue weighted by Gasteiger charge is 2.07. The maximum Gasteiger partial charge on any atom is 0.0712 e. The van der Waals surface area contributed by atoms with Crippen molar-refractivity contribution < 1.29 is 0 Å². The lowest BCUT2D eigenvalue weighted by atomic mass is 9.96. The lowest BCUT2D eigenvalue weighted by Crippen LogP contribution is -1.93. The summed E-state index contributed by atoms with van der Waals surface area (Å²) in [5.41, 5.74) is 1.10. The first-order valence-corrected chi connectivity index (χ1v) is 4.12. The molecule has 61 valence electrons. The summed E-state index contributed by atoms with van der Waals surface area (Å²) in [5.74, 6) is 0.0173. The van der Waals surface area contributed by atoms with E-state index in [0.717, 1.165) is 18.4 Å². The predicted octanol–water partition coefficient (Wildman–Crippen LogP) is 2.91. The summed E-state index contributed by atoms with van der Waals surface area (Å²) in [6.07, 6.45) is 1.66. The first-order valence-electron chi connectivity index (χ1n) is 4.12. The number of rotatable bonds is 3. The van der Waals surface area contributed by atoms with E-state index >= 15 is 0 Å². The van der Waals surface area contributed by atoms with Gasteiger partial charge in [0.25, 0.3) is 0 Å². The second kappa shape index (κ2) is 4.56. The minimum atomic E-state index is 0.0173. The average Bonchev–Trinajstić information content (AvgIpc) is 2.15. The highest BCUT2D eigenvalue weighted by Crippen LogP contribution is 2.19. The van der Waals surface area contributed by atoms with Crippen LogP contribution >= 0.6 is 0 Å². The monoisotopic (exact) mass is 158 g/mol. The molecule has 0 heterocycles. The summed E-state index contributed by atoms with van der Waals surface area (Å²) < 4.78 is 0. The van der Waals surface area contributed by atoms with Gasteiger partial charge in [0.15, 0.2) is 0 Å². The molecule has 0 aliphatic carbocycles. The van der Waals surface area contributed by atoms with Crippen LogP contribution in [0.1, 0.15) is 24.3 Å². The molecule has 0 saturated carbocycles. The molecule has 0 aliphatic rings. The van der Waals surface area contributed by atoms with Gasteiger partial charge in [0.1, 0.15) is 0 Å². The fourth-order valence-electron chi connectivity index (χ4n) is 1.20. The normalized spacial score (nSPS) is 12.0. The van der Waals surface area contributed by atoms with Gasteiger partial charge in [-0.1, -0.05) is 43.7 Å². The molecule has 1 rings (SSSR count). The van der Waals surface area contributed by atoms with E-state index in [9.17, 15) is 0 Å². The van der Waals surface area contributed by atoms with Crippen LogP contribution in [0.15, 0.2) is 30.3 Å². The molecular formula is C11H12N. The van der Waals surface area contributed by atoms with Gasteiger partial charge in [-0.25, -0.2) is 0 Å². The van der Waals surface area contributed by atoms with Gasteiger partial charge < -0.3 is 0 Å². The van der Waals surface area contributed by atoms with Crippen molar-refractivity contribution >= 4 is 0 Å². The number of nitrogens with zero attached hydrogens (tertiary/aromatic N) is 1. The Morgan fingerprint density at radius 3 is 2.50 bits per heavy atom. The number of hydrogen-bond donors (Lipinski definition) is 0. The molecule has 0 bridgehead atoms. The molecule has 12 heavy (non-hydrogen) atoms. The van der Waals surface area contributed by atoms with E-state index in [1.807, 2.05) is 30.3 Å². The molecule has 1 unspecified atom stereocenters. The summed E-state index contributed by atoms with van der Waals surface area (Å²) in [6.45, 7) is 3.75. The largest absolute Gasteiger partial charge is 0.198 e. The van der Waals surface area contributed by atoms with Gasteiger partial charge in [0, 0.05) is 0 Å². The summed E-state index contributed by atoms with van der Waals surface area (Å²) in [4.78, 5) is 0. The van der Waals surface area contributed by atoms with Gasteiger partial charge >= 0.3 is 0 Å². The van der Waals surface area contributed by atoms with Crippen LogP contribution in [0.4, 0.5) is 0 Å². The Balaban J connectivity index is 2.75. The first kappa shape index (κ1) is 8.80. The van der Waals surface area contributed by atoms with E-state index in [4.69, 9.17) is 5.26 Å². The Morgan fingerprint density at radius 1 is 1.33 bits per heavy atom. The second-order valence-corrected chi connectivity index (χ2v) is 2.73. The predicted molar refractivity (Wildman–Crippen MR) is 49.4 cm³/mol. The summed E-state index contributed by atoms with van der Waals surface area (Å²) in [7, 11) is 0. The second-order valence-electron chi connectivity index (χ2n) is 2.73. The third-order valence-corrected chi connectivity index (χ3v) is 1.85. The molecule has 1 radical (unpaired) electrons. The van der Waals surface area contributed by atoms with Crippen LogP contribution in [0.3, 0.4) is 0 Å². The lowest BCUT2D eigenvalue weighted by Gasteiger charge is -2.06. The third-order valence-electron chi connectivity index (χ3n) is 1.85. The van der Waals surface area contributed by atoms with Gasteiger partial charge in [-0.15, -0.1) is 0 Å². The summed E-state index contributed by atoms with van der Waals surface area (Å²) in [6, 6.07) is 12.1. The van der Waals surface area contributed by atoms with E-state index in [1.54, 1.807) is 0 Å². The molecule has 0 spiro atoms. The summed E-state index contributed by atoms with van der Waals surface area (Å²) >= 11 is 0. The lowest BCUT2D eigenvalue weighted by molar-refractivity contribution is 0.760. The minimum absolute atomic E-state index is 0.0173. The van der Waals surface area contributed by atoms with Crippen molar-refractivity contribution in [3.05, 3.63) is 42.8 Å². The fourth-order valence-corrected chi connectivity index (χ4v) is 1.20. The molecule has 0 amide bonds. The Kier molecular flexibility index (Phi) is 3.35. The van der Waals surface area contributed by atoms with E-state index in [2.05, 4.69) is 13.0 Å². The maximum atomic E-state index is 8.83. The van der Waals surface area contributed by atoms with Crippen LogP contribution in [0.5, 0.6) is 0 Å². The van der Waals surface area contributed by atoms with Crippen molar-refractivity contribution in [3.8, 4) is 6.07 Å². The van der Waals surface area contributed by atoms with Gasteiger partial charge in [0.05, 0.1) is 12.0 Å². The Bertz CT molecular complexity index is 258. The Labute approximate surface area is 73.6 Å². The Morgan fingerprint density at radius 2 is 2.00 bits per heavy atom. The maximum absolute atomic E-state index is 8.83. The highest BCUT2D eigenvalue weighted by atomic mass is 14.3. The zero-order valence-electron chi connectivity index (χ0n) is 7.03. The van der Waals surface area contributed by atoms with Crippen LogP contribution in [0, 0.1) is 18.3 Å². The molecule has 1 aromatic rings. The molecule has 0 N–H and O–H groups in total. The molecule has 0 fully saturated rings. The minimum Gasteiger partial charge on any atom is -0.198 e. The third kappa shape index (κ3) is 2.10. The topological polar surface area (TPSA) is 23.8 Å². The van der Waals surface area contributed by atoms with Crippen LogP contribution in [-0.2, 0) is 0 Å². The van der Waals surface area contributed by atoms with Crippen molar-refractivity contribution in [3.63, 3.8) is 0 Å². The molecule has 1 nitrogen and oxygen atoms in total. The van der Waals surface area contributed by atoms with Gasteiger partial charge in [-0.3, -0.25) is 0 Å². The molecule has 0 aliphatic heterocycles. The molecule has 1 aromatic carbocycles. The van der Waals surface area contributed by atoms with Crippen molar-refractivity contribution in [2.45, 2.75) is 18.8 Å². The highest BCUT2D eigenvalue weighted by molar-refractivity contribution is 5.24. The van der Waals surface area contributed by atoms with Crippen LogP contribution in [-0.4, -0.2) is 0 Å².